The Morgan fingerprint density at radius 2 is 1.71 bits per heavy atom. The molecule has 0 spiro atoms. The summed E-state index contributed by atoms with van der Waals surface area (Å²) >= 11 is 0. The van der Waals surface area contributed by atoms with Crippen molar-refractivity contribution in [3.8, 4) is 0 Å². The molecule has 21 heavy (non-hydrogen) atoms. The number of fused-ring (bicyclic) bond motifs is 7. The van der Waals surface area contributed by atoms with Gasteiger partial charge in [-0.05, 0) is 47.2 Å². The van der Waals surface area contributed by atoms with Crippen LogP contribution >= 0.6 is 0 Å². The summed E-state index contributed by atoms with van der Waals surface area (Å²) in [6.45, 7) is 0. The van der Waals surface area contributed by atoms with E-state index in [2.05, 4.69) is 69.9 Å². The van der Waals surface area contributed by atoms with Crippen molar-refractivity contribution in [3.05, 3.63) is 61.2 Å². The van der Waals surface area contributed by atoms with Gasteiger partial charge in [0, 0.05) is 48.0 Å². The number of rotatable bonds is 0. The van der Waals surface area contributed by atoms with Gasteiger partial charge in [0.15, 0.2) is 0 Å². The zero-order chi connectivity index (χ0) is 14.0. The number of hydrogen-bond acceptors (Lipinski definition) is 1. The Bertz CT molecular complexity index is 1140. The first-order valence-corrected chi connectivity index (χ1v) is 7.04. The van der Waals surface area contributed by atoms with E-state index in [-0.39, 0.29) is 0 Å². The Balaban J connectivity index is 2.17. The molecule has 0 radical (unpaired) electrons. The van der Waals surface area contributed by atoms with E-state index in [1.807, 2.05) is 12.3 Å². The molecule has 0 atom stereocenters. The van der Waals surface area contributed by atoms with E-state index in [4.69, 9.17) is 0 Å². The van der Waals surface area contributed by atoms with Gasteiger partial charge in [-0.2, -0.15) is 0 Å². The van der Waals surface area contributed by atoms with Crippen LogP contribution in [0, 0.1) is 0 Å². The SMILES string of the molecule is Cn1cc2cc3c(cc2c1)c1cccn1c1ncccc31. The lowest BCUT2D eigenvalue weighted by atomic mass is 10.0. The van der Waals surface area contributed by atoms with E-state index in [0.29, 0.717) is 0 Å². The van der Waals surface area contributed by atoms with Crippen molar-refractivity contribution in [1.29, 1.82) is 0 Å². The summed E-state index contributed by atoms with van der Waals surface area (Å²) in [6, 6.07) is 13.0. The fourth-order valence-electron chi connectivity index (χ4n) is 3.35. The maximum atomic E-state index is 4.57. The monoisotopic (exact) mass is 271 g/mol. The molecular weight excluding hydrogens is 258 g/mol. The van der Waals surface area contributed by atoms with E-state index in [1.165, 1.54) is 32.4 Å². The third-order valence-corrected chi connectivity index (χ3v) is 4.24. The van der Waals surface area contributed by atoms with Crippen molar-refractivity contribution >= 4 is 38.1 Å². The number of benzene rings is 1. The molecule has 0 amide bonds. The Morgan fingerprint density at radius 1 is 0.905 bits per heavy atom. The van der Waals surface area contributed by atoms with Gasteiger partial charge in [0.1, 0.15) is 5.65 Å². The predicted octanol–water partition coefficient (Wildman–Crippen LogP) is 4.13. The fraction of sp³-hybridized carbons (Fsp3) is 0.0556. The lowest BCUT2D eigenvalue weighted by Gasteiger charge is -2.08. The highest BCUT2D eigenvalue weighted by Gasteiger charge is 2.10. The molecule has 3 heteroatoms. The Labute approximate surface area is 121 Å². The van der Waals surface area contributed by atoms with Gasteiger partial charge in [0.2, 0.25) is 0 Å². The summed E-state index contributed by atoms with van der Waals surface area (Å²) in [5.41, 5.74) is 2.22. The van der Waals surface area contributed by atoms with Crippen molar-refractivity contribution < 1.29 is 0 Å². The molecule has 3 nitrogen and oxygen atoms in total. The molecule has 0 saturated heterocycles. The average Bonchev–Trinajstić information content (AvgIpc) is 3.10. The van der Waals surface area contributed by atoms with Gasteiger partial charge in [-0.15, -0.1) is 0 Å². The minimum Gasteiger partial charge on any atom is -0.356 e. The van der Waals surface area contributed by atoms with Crippen molar-refractivity contribution in [2.24, 2.45) is 7.05 Å². The van der Waals surface area contributed by atoms with Crippen molar-refractivity contribution in [3.63, 3.8) is 0 Å². The van der Waals surface area contributed by atoms with Crippen molar-refractivity contribution in [2.75, 3.05) is 0 Å². The number of aryl methyl sites for hydroxylation is 1. The van der Waals surface area contributed by atoms with Crippen LogP contribution in [0.15, 0.2) is 61.2 Å². The van der Waals surface area contributed by atoms with Gasteiger partial charge in [-0.1, -0.05) is 0 Å². The Hall–Kier alpha value is -2.81. The van der Waals surface area contributed by atoms with Gasteiger partial charge < -0.3 is 8.97 Å². The first-order chi connectivity index (χ1) is 10.3. The second kappa shape index (κ2) is 3.64. The van der Waals surface area contributed by atoms with Crippen molar-refractivity contribution in [1.82, 2.24) is 14.0 Å². The molecule has 0 aliphatic heterocycles. The Morgan fingerprint density at radius 3 is 2.57 bits per heavy atom. The normalized spacial score (nSPS) is 12.0. The molecule has 0 bridgehead atoms. The molecule has 0 N–H and O–H groups in total. The summed E-state index contributed by atoms with van der Waals surface area (Å²) < 4.78 is 4.28. The molecule has 0 saturated carbocycles. The van der Waals surface area contributed by atoms with E-state index in [0.717, 1.165) is 5.65 Å². The topological polar surface area (TPSA) is 22.2 Å². The van der Waals surface area contributed by atoms with Crippen LogP contribution < -0.4 is 0 Å². The molecule has 1 aromatic carbocycles. The van der Waals surface area contributed by atoms with Crippen molar-refractivity contribution in [2.45, 2.75) is 0 Å². The third-order valence-electron chi connectivity index (χ3n) is 4.24. The van der Waals surface area contributed by atoms with Crippen LogP contribution in [0.1, 0.15) is 0 Å². The Kier molecular flexibility index (Phi) is 1.89. The molecule has 5 aromatic rings. The van der Waals surface area contributed by atoms with E-state index in [9.17, 15) is 0 Å². The lowest BCUT2D eigenvalue weighted by molar-refractivity contribution is 0.934. The van der Waals surface area contributed by atoms with Gasteiger partial charge in [0.05, 0.1) is 5.52 Å². The minimum absolute atomic E-state index is 1.01. The third kappa shape index (κ3) is 1.35. The molecule has 0 unspecified atom stereocenters. The van der Waals surface area contributed by atoms with Crippen LogP contribution in [-0.4, -0.2) is 14.0 Å². The highest BCUT2D eigenvalue weighted by atomic mass is 15.0. The number of hydrogen-bond donors (Lipinski definition) is 0. The second-order valence-corrected chi connectivity index (χ2v) is 5.59. The lowest BCUT2D eigenvalue weighted by Crippen LogP contribution is -1.91. The zero-order valence-electron chi connectivity index (χ0n) is 11.6. The van der Waals surface area contributed by atoms with Crippen LogP contribution in [0.3, 0.4) is 0 Å². The summed E-state index contributed by atoms with van der Waals surface area (Å²) in [7, 11) is 2.07. The van der Waals surface area contributed by atoms with E-state index >= 15 is 0 Å². The molecule has 0 aliphatic rings. The van der Waals surface area contributed by atoms with Crippen LogP contribution in [0.5, 0.6) is 0 Å². The molecule has 4 aromatic heterocycles. The van der Waals surface area contributed by atoms with Crippen LogP contribution in [0.4, 0.5) is 0 Å². The van der Waals surface area contributed by atoms with E-state index < -0.39 is 0 Å². The predicted molar refractivity (Wildman–Crippen MR) is 86.7 cm³/mol. The maximum Gasteiger partial charge on any atom is 0.144 e. The quantitative estimate of drug-likeness (QED) is 0.388. The smallest absolute Gasteiger partial charge is 0.144 e. The number of aromatic nitrogens is 3. The molecule has 0 fully saturated rings. The molecule has 4 heterocycles. The van der Waals surface area contributed by atoms with Gasteiger partial charge in [-0.25, -0.2) is 4.98 Å². The van der Waals surface area contributed by atoms with Gasteiger partial charge in [-0.3, -0.25) is 0 Å². The highest BCUT2D eigenvalue weighted by molar-refractivity contribution is 6.15. The average molecular weight is 271 g/mol. The maximum absolute atomic E-state index is 4.57. The number of pyridine rings is 2. The van der Waals surface area contributed by atoms with Gasteiger partial charge >= 0.3 is 0 Å². The zero-order valence-corrected chi connectivity index (χ0v) is 11.6. The fourth-order valence-corrected chi connectivity index (χ4v) is 3.35. The summed E-state index contributed by atoms with van der Waals surface area (Å²) in [5, 5.41) is 6.28. The first kappa shape index (κ1) is 10.9. The highest BCUT2D eigenvalue weighted by Crippen LogP contribution is 2.32. The largest absolute Gasteiger partial charge is 0.356 e. The molecule has 0 aliphatic carbocycles. The standard InChI is InChI=1S/C18H13N3/c1-20-10-12-8-15-14-4-2-6-19-18(14)21-7-3-5-17(21)16(15)9-13(12)11-20/h2-11H,1H3. The first-order valence-electron chi connectivity index (χ1n) is 7.04. The summed E-state index contributed by atoms with van der Waals surface area (Å²) in [6.07, 6.45) is 8.27. The minimum atomic E-state index is 1.01. The van der Waals surface area contributed by atoms with Crippen LogP contribution in [0.25, 0.3) is 38.1 Å². The van der Waals surface area contributed by atoms with E-state index in [1.54, 1.807) is 0 Å². The second-order valence-electron chi connectivity index (χ2n) is 5.59. The van der Waals surface area contributed by atoms with Gasteiger partial charge in [0.25, 0.3) is 0 Å². The molecular formula is C18H13N3. The van der Waals surface area contributed by atoms with Crippen LogP contribution in [-0.2, 0) is 7.05 Å². The molecule has 100 valence electrons. The number of nitrogens with zero attached hydrogens (tertiary/aromatic N) is 3. The summed E-state index contributed by atoms with van der Waals surface area (Å²) in [5.74, 6) is 0. The van der Waals surface area contributed by atoms with Crippen LogP contribution in [0.2, 0.25) is 0 Å². The molecule has 5 rings (SSSR count). The summed E-state index contributed by atoms with van der Waals surface area (Å²) in [4.78, 5) is 4.57.